The predicted molar refractivity (Wildman–Crippen MR) is 68.7 cm³/mol. The van der Waals surface area contributed by atoms with Crippen molar-refractivity contribution in [2.45, 2.75) is 51.1 Å². The molecule has 2 heterocycles. The van der Waals surface area contributed by atoms with Crippen molar-refractivity contribution in [3.63, 3.8) is 0 Å². The Hall–Kier alpha value is -0.610. The van der Waals surface area contributed by atoms with Crippen molar-refractivity contribution < 1.29 is 4.79 Å². The molecule has 2 aliphatic heterocycles. The maximum atomic E-state index is 12.3. The van der Waals surface area contributed by atoms with Crippen LogP contribution < -0.4 is 5.73 Å². The summed E-state index contributed by atoms with van der Waals surface area (Å²) in [5, 5.41) is 0. The van der Waals surface area contributed by atoms with E-state index in [0.29, 0.717) is 18.5 Å². The Labute approximate surface area is 104 Å². The summed E-state index contributed by atoms with van der Waals surface area (Å²) in [6.45, 7) is 5.58. The minimum Gasteiger partial charge on any atom is -0.339 e. The van der Waals surface area contributed by atoms with Gasteiger partial charge in [-0.05, 0) is 32.1 Å². The van der Waals surface area contributed by atoms with Crippen molar-refractivity contribution in [1.29, 1.82) is 0 Å². The van der Waals surface area contributed by atoms with Crippen LogP contribution in [0.25, 0.3) is 0 Å². The summed E-state index contributed by atoms with van der Waals surface area (Å²) in [6.07, 6.45) is 5.75. The first kappa shape index (κ1) is 12.8. The summed E-state index contributed by atoms with van der Waals surface area (Å²) in [7, 11) is 0. The highest BCUT2D eigenvalue weighted by molar-refractivity contribution is 5.78. The number of rotatable bonds is 3. The summed E-state index contributed by atoms with van der Waals surface area (Å²) < 4.78 is 0. The van der Waals surface area contributed by atoms with Crippen LogP contribution in [0.1, 0.15) is 39.0 Å². The van der Waals surface area contributed by atoms with E-state index in [-0.39, 0.29) is 6.04 Å². The Balaban J connectivity index is 1.85. The van der Waals surface area contributed by atoms with E-state index in [1.54, 1.807) is 0 Å². The molecule has 2 unspecified atom stereocenters. The van der Waals surface area contributed by atoms with E-state index in [2.05, 4.69) is 16.7 Å². The van der Waals surface area contributed by atoms with Gasteiger partial charge in [0.25, 0.3) is 0 Å². The van der Waals surface area contributed by atoms with Gasteiger partial charge in [0.1, 0.15) is 0 Å². The molecule has 0 aromatic rings. The largest absolute Gasteiger partial charge is 0.339 e. The lowest BCUT2D eigenvalue weighted by Crippen LogP contribution is -2.47. The molecule has 2 fully saturated rings. The van der Waals surface area contributed by atoms with Gasteiger partial charge in [-0.2, -0.15) is 0 Å². The SMILES string of the molecule is CCC1CCCCN1C(=O)CN1CCC(N)C1. The number of nitrogens with two attached hydrogens (primary N) is 1. The van der Waals surface area contributed by atoms with E-state index < -0.39 is 0 Å². The summed E-state index contributed by atoms with van der Waals surface area (Å²) >= 11 is 0. The average molecular weight is 239 g/mol. The number of carbonyl (C=O) groups excluding carboxylic acids is 1. The molecule has 0 bridgehead atoms. The molecule has 1 amide bonds. The number of carbonyl (C=O) groups is 1. The summed E-state index contributed by atoms with van der Waals surface area (Å²) in [4.78, 5) is 16.6. The van der Waals surface area contributed by atoms with Gasteiger partial charge in [0.15, 0.2) is 0 Å². The van der Waals surface area contributed by atoms with Gasteiger partial charge in [0.05, 0.1) is 6.54 Å². The Morgan fingerprint density at radius 3 is 2.76 bits per heavy atom. The lowest BCUT2D eigenvalue weighted by Gasteiger charge is -2.36. The molecule has 4 heteroatoms. The monoisotopic (exact) mass is 239 g/mol. The van der Waals surface area contributed by atoms with Crippen LogP contribution in [0.5, 0.6) is 0 Å². The Bertz CT molecular complexity index is 269. The van der Waals surface area contributed by atoms with Gasteiger partial charge in [0.2, 0.25) is 5.91 Å². The van der Waals surface area contributed by atoms with Gasteiger partial charge in [-0.1, -0.05) is 6.92 Å². The standard InChI is InChI=1S/C13H25N3O/c1-2-12-5-3-4-7-16(12)13(17)10-15-8-6-11(14)9-15/h11-12H,2-10,14H2,1H3. The maximum absolute atomic E-state index is 12.3. The van der Waals surface area contributed by atoms with Crippen molar-refractivity contribution >= 4 is 5.91 Å². The van der Waals surface area contributed by atoms with Crippen LogP contribution in [0, 0.1) is 0 Å². The smallest absolute Gasteiger partial charge is 0.236 e. The summed E-state index contributed by atoms with van der Waals surface area (Å²) in [5.74, 6) is 0.311. The van der Waals surface area contributed by atoms with Crippen molar-refractivity contribution in [2.24, 2.45) is 5.73 Å². The third kappa shape index (κ3) is 3.19. The molecule has 2 saturated heterocycles. The highest BCUT2D eigenvalue weighted by atomic mass is 16.2. The van der Waals surface area contributed by atoms with E-state index in [9.17, 15) is 4.79 Å². The molecule has 17 heavy (non-hydrogen) atoms. The minimum absolute atomic E-state index is 0.270. The van der Waals surface area contributed by atoms with Crippen LogP contribution in [0.2, 0.25) is 0 Å². The zero-order valence-electron chi connectivity index (χ0n) is 10.9. The molecular formula is C13H25N3O. The molecule has 2 aliphatic rings. The Kier molecular flexibility index (Phi) is 4.40. The molecule has 4 nitrogen and oxygen atoms in total. The molecule has 0 saturated carbocycles. The molecule has 0 radical (unpaired) electrons. The van der Waals surface area contributed by atoms with Crippen LogP contribution in [0.4, 0.5) is 0 Å². The molecule has 0 aromatic heterocycles. The molecule has 2 N–H and O–H groups in total. The molecule has 98 valence electrons. The summed E-state index contributed by atoms with van der Waals surface area (Å²) in [6, 6.07) is 0.749. The number of hydrogen-bond acceptors (Lipinski definition) is 3. The normalized spacial score (nSPS) is 30.8. The van der Waals surface area contributed by atoms with E-state index in [0.717, 1.165) is 32.5 Å². The van der Waals surface area contributed by atoms with Gasteiger partial charge in [-0.25, -0.2) is 0 Å². The van der Waals surface area contributed by atoms with Gasteiger partial charge in [-0.15, -0.1) is 0 Å². The first-order valence-electron chi connectivity index (χ1n) is 6.98. The quantitative estimate of drug-likeness (QED) is 0.793. The lowest BCUT2D eigenvalue weighted by molar-refractivity contribution is -0.135. The van der Waals surface area contributed by atoms with Gasteiger partial charge in [-0.3, -0.25) is 9.69 Å². The van der Waals surface area contributed by atoms with Crippen LogP contribution in [0.15, 0.2) is 0 Å². The number of piperidine rings is 1. The lowest BCUT2D eigenvalue weighted by atomic mass is 10.00. The van der Waals surface area contributed by atoms with Gasteiger partial charge >= 0.3 is 0 Å². The minimum atomic E-state index is 0.270. The van der Waals surface area contributed by atoms with Gasteiger partial charge in [0, 0.05) is 31.7 Å². The first-order valence-corrected chi connectivity index (χ1v) is 6.98. The topological polar surface area (TPSA) is 49.6 Å². The highest BCUT2D eigenvalue weighted by Gasteiger charge is 2.28. The molecule has 0 aliphatic carbocycles. The maximum Gasteiger partial charge on any atom is 0.236 e. The van der Waals surface area contributed by atoms with Crippen molar-refractivity contribution in [3.05, 3.63) is 0 Å². The zero-order chi connectivity index (χ0) is 12.3. The van der Waals surface area contributed by atoms with E-state index in [1.165, 1.54) is 19.3 Å². The third-order valence-electron chi connectivity index (χ3n) is 4.09. The van der Waals surface area contributed by atoms with E-state index in [1.807, 2.05) is 0 Å². The summed E-state index contributed by atoms with van der Waals surface area (Å²) in [5.41, 5.74) is 5.87. The Morgan fingerprint density at radius 2 is 2.12 bits per heavy atom. The average Bonchev–Trinajstić information content (AvgIpc) is 2.74. The van der Waals surface area contributed by atoms with Crippen LogP contribution in [-0.2, 0) is 4.79 Å². The molecule has 0 aromatic carbocycles. The fourth-order valence-corrected chi connectivity index (χ4v) is 3.04. The highest BCUT2D eigenvalue weighted by Crippen LogP contribution is 2.20. The predicted octanol–water partition coefficient (Wildman–Crippen LogP) is 0.811. The van der Waals surface area contributed by atoms with Crippen molar-refractivity contribution in [1.82, 2.24) is 9.80 Å². The Morgan fingerprint density at radius 1 is 1.29 bits per heavy atom. The van der Waals surface area contributed by atoms with Crippen LogP contribution in [-0.4, -0.2) is 54.0 Å². The van der Waals surface area contributed by atoms with Crippen LogP contribution >= 0.6 is 0 Å². The molecule has 2 atom stereocenters. The second-order valence-electron chi connectivity index (χ2n) is 5.43. The number of amides is 1. The van der Waals surface area contributed by atoms with E-state index in [4.69, 9.17) is 5.73 Å². The second kappa shape index (κ2) is 5.83. The molecule has 0 spiro atoms. The fraction of sp³-hybridized carbons (Fsp3) is 0.923. The first-order chi connectivity index (χ1) is 8.20. The number of hydrogen-bond donors (Lipinski definition) is 1. The van der Waals surface area contributed by atoms with Gasteiger partial charge < -0.3 is 10.6 Å². The third-order valence-corrected chi connectivity index (χ3v) is 4.09. The zero-order valence-corrected chi connectivity index (χ0v) is 10.9. The second-order valence-corrected chi connectivity index (χ2v) is 5.43. The fourth-order valence-electron chi connectivity index (χ4n) is 3.04. The van der Waals surface area contributed by atoms with Crippen molar-refractivity contribution in [3.8, 4) is 0 Å². The number of nitrogens with zero attached hydrogens (tertiary/aromatic N) is 2. The van der Waals surface area contributed by atoms with Crippen molar-refractivity contribution in [2.75, 3.05) is 26.2 Å². The van der Waals surface area contributed by atoms with E-state index >= 15 is 0 Å². The van der Waals surface area contributed by atoms with Crippen LogP contribution in [0.3, 0.4) is 0 Å². The molecular weight excluding hydrogens is 214 g/mol. The number of likely N-dealkylation sites (tertiary alicyclic amines) is 2. The molecule has 2 rings (SSSR count).